The molecule has 3 aromatic rings. The van der Waals surface area contributed by atoms with E-state index in [0.717, 1.165) is 28.3 Å². The van der Waals surface area contributed by atoms with Gasteiger partial charge in [0.25, 0.3) is 5.95 Å². The molecule has 0 spiro atoms. The number of hydrogen-bond acceptors (Lipinski definition) is 7. The second-order valence-electron chi connectivity index (χ2n) is 6.39. The Labute approximate surface area is 166 Å². The van der Waals surface area contributed by atoms with Gasteiger partial charge in [0.2, 0.25) is 5.91 Å². The SMILES string of the molecule is COC(=O)c1ccc(NC(=O)Cc2c(C)nn(-c3nc(C)cc(C)n3)c2C)s1. The van der Waals surface area contributed by atoms with Crippen molar-refractivity contribution in [3.05, 3.63) is 51.4 Å². The molecule has 28 heavy (non-hydrogen) atoms. The summed E-state index contributed by atoms with van der Waals surface area (Å²) in [7, 11) is 1.32. The zero-order chi connectivity index (χ0) is 20.4. The summed E-state index contributed by atoms with van der Waals surface area (Å²) in [4.78, 5) is 33.3. The molecule has 8 nitrogen and oxygen atoms in total. The molecule has 9 heteroatoms. The third-order valence-electron chi connectivity index (χ3n) is 4.19. The minimum Gasteiger partial charge on any atom is -0.465 e. The van der Waals surface area contributed by atoms with Crippen molar-refractivity contribution in [1.29, 1.82) is 0 Å². The van der Waals surface area contributed by atoms with Gasteiger partial charge in [0.15, 0.2) is 0 Å². The van der Waals surface area contributed by atoms with Gasteiger partial charge in [0.1, 0.15) is 4.88 Å². The van der Waals surface area contributed by atoms with Crippen molar-refractivity contribution in [3.8, 4) is 5.95 Å². The highest BCUT2D eigenvalue weighted by Gasteiger charge is 2.18. The predicted octanol–water partition coefficient (Wildman–Crippen LogP) is 2.93. The highest BCUT2D eigenvalue weighted by Crippen LogP contribution is 2.23. The van der Waals surface area contributed by atoms with E-state index in [1.54, 1.807) is 16.8 Å². The van der Waals surface area contributed by atoms with Crippen LogP contribution in [0, 0.1) is 27.7 Å². The molecule has 0 aliphatic carbocycles. The quantitative estimate of drug-likeness (QED) is 0.662. The van der Waals surface area contributed by atoms with E-state index in [2.05, 4.69) is 25.1 Å². The molecule has 0 unspecified atom stereocenters. The van der Waals surface area contributed by atoms with Gasteiger partial charge in [-0.15, -0.1) is 11.3 Å². The number of rotatable bonds is 5. The van der Waals surface area contributed by atoms with Gasteiger partial charge in [-0.25, -0.2) is 19.4 Å². The minimum absolute atomic E-state index is 0.161. The molecule has 0 fully saturated rings. The first-order valence-electron chi connectivity index (χ1n) is 8.64. The molecule has 0 bridgehead atoms. The number of carbonyl (C=O) groups is 2. The fraction of sp³-hybridized carbons (Fsp3) is 0.316. The van der Waals surface area contributed by atoms with E-state index in [1.807, 2.05) is 33.8 Å². The van der Waals surface area contributed by atoms with E-state index >= 15 is 0 Å². The van der Waals surface area contributed by atoms with Crippen molar-refractivity contribution < 1.29 is 14.3 Å². The van der Waals surface area contributed by atoms with Crippen LogP contribution in [0.4, 0.5) is 5.00 Å². The summed E-state index contributed by atoms with van der Waals surface area (Å²) in [5, 5.41) is 7.92. The van der Waals surface area contributed by atoms with Gasteiger partial charge in [-0.05, 0) is 45.9 Å². The first kappa shape index (κ1) is 19.7. The Balaban J connectivity index is 1.79. The first-order valence-corrected chi connectivity index (χ1v) is 9.46. The molecule has 0 aliphatic heterocycles. The molecular formula is C19H21N5O3S. The summed E-state index contributed by atoms with van der Waals surface area (Å²) < 4.78 is 6.34. The van der Waals surface area contributed by atoms with Crippen LogP contribution in [0.2, 0.25) is 0 Å². The fourth-order valence-corrected chi connectivity index (χ4v) is 3.73. The van der Waals surface area contributed by atoms with Crippen molar-refractivity contribution in [2.24, 2.45) is 0 Å². The number of amides is 1. The minimum atomic E-state index is -0.424. The van der Waals surface area contributed by atoms with Gasteiger partial charge in [0, 0.05) is 22.6 Å². The van der Waals surface area contributed by atoms with Crippen LogP contribution in [0.25, 0.3) is 5.95 Å². The highest BCUT2D eigenvalue weighted by atomic mass is 32.1. The molecule has 0 aromatic carbocycles. The molecule has 3 aromatic heterocycles. The molecule has 0 atom stereocenters. The van der Waals surface area contributed by atoms with E-state index in [-0.39, 0.29) is 12.3 Å². The maximum atomic E-state index is 12.5. The average molecular weight is 399 g/mol. The molecule has 3 rings (SSSR count). The first-order chi connectivity index (χ1) is 13.3. The van der Waals surface area contributed by atoms with Gasteiger partial charge in [0.05, 0.1) is 24.2 Å². The average Bonchev–Trinajstić information content (AvgIpc) is 3.20. The lowest BCUT2D eigenvalue weighted by Crippen LogP contribution is -2.14. The van der Waals surface area contributed by atoms with Crippen LogP contribution in [-0.2, 0) is 16.0 Å². The number of hydrogen-bond donors (Lipinski definition) is 1. The fourth-order valence-electron chi connectivity index (χ4n) is 2.89. The van der Waals surface area contributed by atoms with E-state index in [9.17, 15) is 9.59 Å². The van der Waals surface area contributed by atoms with Gasteiger partial charge in [-0.3, -0.25) is 4.79 Å². The second-order valence-corrected chi connectivity index (χ2v) is 7.48. The number of carbonyl (C=O) groups excluding carboxylic acids is 2. The van der Waals surface area contributed by atoms with E-state index in [0.29, 0.717) is 15.8 Å². The van der Waals surface area contributed by atoms with Gasteiger partial charge >= 0.3 is 5.97 Å². The number of nitrogens with zero attached hydrogens (tertiary/aromatic N) is 4. The van der Waals surface area contributed by atoms with Gasteiger partial charge < -0.3 is 10.1 Å². The maximum absolute atomic E-state index is 12.5. The molecule has 0 saturated carbocycles. The molecule has 1 amide bonds. The number of aromatic nitrogens is 4. The Kier molecular flexibility index (Phi) is 5.55. The molecule has 146 valence electrons. The molecule has 0 radical (unpaired) electrons. The smallest absolute Gasteiger partial charge is 0.348 e. The second kappa shape index (κ2) is 7.89. The summed E-state index contributed by atoms with van der Waals surface area (Å²) in [5.41, 5.74) is 4.10. The third kappa shape index (κ3) is 4.09. The topological polar surface area (TPSA) is 99.0 Å². The Morgan fingerprint density at radius 1 is 1.14 bits per heavy atom. The number of anilines is 1. The van der Waals surface area contributed by atoms with Crippen molar-refractivity contribution in [2.45, 2.75) is 34.1 Å². The van der Waals surface area contributed by atoms with Crippen LogP contribution >= 0.6 is 11.3 Å². The standard InChI is InChI=1S/C19H21N5O3S/c1-10-8-11(2)21-19(20-10)24-13(4)14(12(3)23-24)9-16(25)22-17-7-6-15(28-17)18(26)27-5/h6-8H,9H2,1-5H3,(H,22,25). The summed E-state index contributed by atoms with van der Waals surface area (Å²) >= 11 is 1.17. The van der Waals surface area contributed by atoms with Crippen molar-refractivity contribution in [3.63, 3.8) is 0 Å². The maximum Gasteiger partial charge on any atom is 0.348 e. The predicted molar refractivity (Wildman–Crippen MR) is 106 cm³/mol. The Morgan fingerprint density at radius 2 is 1.82 bits per heavy atom. The summed E-state index contributed by atoms with van der Waals surface area (Å²) in [5.74, 6) is -0.122. The number of ether oxygens (including phenoxy) is 1. The Hall–Kier alpha value is -3.07. The summed E-state index contributed by atoms with van der Waals surface area (Å²) in [6.07, 6.45) is 0.161. The zero-order valence-electron chi connectivity index (χ0n) is 16.4. The lowest BCUT2D eigenvalue weighted by molar-refractivity contribution is -0.115. The summed E-state index contributed by atoms with van der Waals surface area (Å²) in [6, 6.07) is 5.20. The van der Waals surface area contributed by atoms with Crippen LogP contribution in [-0.4, -0.2) is 38.7 Å². The largest absolute Gasteiger partial charge is 0.465 e. The number of aryl methyl sites for hydroxylation is 3. The highest BCUT2D eigenvalue weighted by molar-refractivity contribution is 7.18. The zero-order valence-corrected chi connectivity index (χ0v) is 17.2. The number of esters is 1. The Morgan fingerprint density at radius 3 is 2.46 bits per heavy atom. The number of methoxy groups -OCH3 is 1. The number of nitrogens with one attached hydrogen (secondary N) is 1. The van der Waals surface area contributed by atoms with Crippen LogP contribution in [0.15, 0.2) is 18.2 Å². The summed E-state index contributed by atoms with van der Waals surface area (Å²) in [6.45, 7) is 7.56. The number of thiophene rings is 1. The van der Waals surface area contributed by atoms with Crippen LogP contribution in [0.3, 0.4) is 0 Å². The van der Waals surface area contributed by atoms with Crippen LogP contribution in [0.5, 0.6) is 0 Å². The normalized spacial score (nSPS) is 10.8. The molecule has 0 aliphatic rings. The van der Waals surface area contributed by atoms with Gasteiger partial charge in [-0.2, -0.15) is 5.10 Å². The van der Waals surface area contributed by atoms with E-state index in [1.165, 1.54) is 18.4 Å². The van der Waals surface area contributed by atoms with Crippen LogP contribution in [0.1, 0.15) is 38.0 Å². The monoisotopic (exact) mass is 399 g/mol. The Bertz CT molecular complexity index is 1030. The lowest BCUT2D eigenvalue weighted by atomic mass is 10.1. The lowest BCUT2D eigenvalue weighted by Gasteiger charge is -2.06. The van der Waals surface area contributed by atoms with Crippen molar-refractivity contribution in [2.75, 3.05) is 12.4 Å². The third-order valence-corrected chi connectivity index (χ3v) is 5.17. The van der Waals surface area contributed by atoms with Crippen molar-refractivity contribution in [1.82, 2.24) is 19.7 Å². The molecular weight excluding hydrogens is 378 g/mol. The van der Waals surface area contributed by atoms with Gasteiger partial charge in [-0.1, -0.05) is 0 Å². The molecule has 1 N–H and O–H groups in total. The molecule has 0 saturated heterocycles. The van der Waals surface area contributed by atoms with E-state index in [4.69, 9.17) is 0 Å². The van der Waals surface area contributed by atoms with Crippen LogP contribution < -0.4 is 5.32 Å². The van der Waals surface area contributed by atoms with E-state index < -0.39 is 5.97 Å². The molecule has 3 heterocycles. The van der Waals surface area contributed by atoms with Crippen molar-refractivity contribution >= 4 is 28.2 Å².